The molecule has 0 aliphatic carbocycles. The van der Waals surface area contributed by atoms with E-state index in [-0.39, 0.29) is 5.91 Å². The van der Waals surface area contributed by atoms with Gasteiger partial charge in [-0.25, -0.2) is 4.98 Å². The summed E-state index contributed by atoms with van der Waals surface area (Å²) in [6, 6.07) is 30.1. The summed E-state index contributed by atoms with van der Waals surface area (Å²) >= 11 is 6.43. The number of H-pyrrole nitrogens is 1. The lowest BCUT2D eigenvalue weighted by molar-refractivity contribution is 0.102. The van der Waals surface area contributed by atoms with Crippen molar-refractivity contribution in [3.05, 3.63) is 113 Å². The Bertz CT molecular complexity index is 1400. The molecule has 1 aromatic heterocycles. The van der Waals surface area contributed by atoms with Crippen LogP contribution in [0.3, 0.4) is 0 Å². The number of aromatic nitrogens is 2. The predicted molar refractivity (Wildman–Crippen MR) is 132 cm³/mol. The van der Waals surface area contributed by atoms with Crippen LogP contribution in [0.25, 0.3) is 22.4 Å². The number of anilines is 1. The maximum absolute atomic E-state index is 12.9. The first kappa shape index (κ1) is 20.8. The zero-order chi connectivity index (χ0) is 22.6. The van der Waals surface area contributed by atoms with Crippen molar-refractivity contribution in [2.75, 3.05) is 5.32 Å². The zero-order valence-electron chi connectivity index (χ0n) is 17.6. The van der Waals surface area contributed by atoms with Crippen LogP contribution >= 0.6 is 11.6 Å². The van der Waals surface area contributed by atoms with Crippen molar-refractivity contribution in [1.82, 2.24) is 9.97 Å². The summed E-state index contributed by atoms with van der Waals surface area (Å²) in [7, 11) is 0. The van der Waals surface area contributed by atoms with Crippen LogP contribution in [-0.2, 0) is 6.61 Å². The maximum Gasteiger partial charge on any atom is 0.255 e. The molecule has 2 N–H and O–H groups in total. The van der Waals surface area contributed by atoms with E-state index in [1.54, 1.807) is 30.3 Å². The Labute approximate surface area is 196 Å². The van der Waals surface area contributed by atoms with Crippen molar-refractivity contribution in [2.45, 2.75) is 6.61 Å². The molecule has 1 amide bonds. The average molecular weight is 454 g/mol. The van der Waals surface area contributed by atoms with Crippen LogP contribution in [0.5, 0.6) is 5.75 Å². The van der Waals surface area contributed by atoms with Crippen molar-refractivity contribution in [2.24, 2.45) is 0 Å². The molecule has 0 unspecified atom stereocenters. The molecule has 5 rings (SSSR count). The van der Waals surface area contributed by atoms with Crippen molar-refractivity contribution in [3.8, 4) is 17.1 Å². The van der Waals surface area contributed by atoms with Gasteiger partial charge in [-0.3, -0.25) is 4.79 Å². The zero-order valence-corrected chi connectivity index (χ0v) is 18.3. The van der Waals surface area contributed by atoms with Crippen LogP contribution in [0.2, 0.25) is 5.02 Å². The largest absolute Gasteiger partial charge is 0.489 e. The van der Waals surface area contributed by atoms with E-state index in [1.807, 2.05) is 66.7 Å². The Morgan fingerprint density at radius 1 is 0.909 bits per heavy atom. The van der Waals surface area contributed by atoms with E-state index in [9.17, 15) is 4.79 Å². The van der Waals surface area contributed by atoms with Gasteiger partial charge in [0, 0.05) is 16.8 Å². The van der Waals surface area contributed by atoms with Crippen LogP contribution in [0.1, 0.15) is 15.9 Å². The minimum Gasteiger partial charge on any atom is -0.489 e. The highest BCUT2D eigenvalue weighted by atomic mass is 35.5. The molecule has 0 radical (unpaired) electrons. The van der Waals surface area contributed by atoms with Gasteiger partial charge in [-0.05, 0) is 54.1 Å². The summed E-state index contributed by atoms with van der Waals surface area (Å²) in [6.07, 6.45) is 0. The number of imidazole rings is 1. The molecule has 0 fully saturated rings. The molecule has 4 aromatic carbocycles. The van der Waals surface area contributed by atoms with E-state index in [0.29, 0.717) is 40.0 Å². The van der Waals surface area contributed by atoms with E-state index in [2.05, 4.69) is 15.3 Å². The fraction of sp³-hybridized carbons (Fsp3) is 0.0370. The standard InChI is InChI=1S/C27H20ClN3O2/c28-23-14-13-20(16-22(23)26-30-24-11-4-5-12-25(24)31-26)29-27(32)19-9-6-10-21(15-19)33-17-18-7-2-1-3-8-18/h1-16H,17H2,(H,29,32)(H,30,31). The molecule has 6 heteroatoms. The molecule has 162 valence electrons. The molecule has 0 aliphatic rings. The number of fused-ring (bicyclic) bond motifs is 1. The van der Waals surface area contributed by atoms with Gasteiger partial charge in [-0.15, -0.1) is 0 Å². The fourth-order valence-electron chi connectivity index (χ4n) is 3.54. The molecule has 33 heavy (non-hydrogen) atoms. The number of ether oxygens (including phenoxy) is 1. The van der Waals surface area contributed by atoms with E-state index < -0.39 is 0 Å². The second-order valence-corrected chi connectivity index (χ2v) is 7.96. The van der Waals surface area contributed by atoms with Gasteiger partial charge in [-0.2, -0.15) is 0 Å². The van der Waals surface area contributed by atoms with Gasteiger partial charge in [0.25, 0.3) is 5.91 Å². The number of carbonyl (C=O) groups is 1. The van der Waals surface area contributed by atoms with Gasteiger partial charge >= 0.3 is 0 Å². The minimum atomic E-state index is -0.238. The summed E-state index contributed by atoms with van der Waals surface area (Å²) in [5.41, 5.74) is 4.67. The number of para-hydroxylation sites is 2. The summed E-state index contributed by atoms with van der Waals surface area (Å²) in [5.74, 6) is 1.04. The van der Waals surface area contributed by atoms with Gasteiger partial charge in [-0.1, -0.05) is 60.1 Å². The molecule has 0 saturated carbocycles. The van der Waals surface area contributed by atoms with E-state index >= 15 is 0 Å². The van der Waals surface area contributed by atoms with Crippen molar-refractivity contribution < 1.29 is 9.53 Å². The van der Waals surface area contributed by atoms with Crippen LogP contribution in [0, 0.1) is 0 Å². The van der Waals surface area contributed by atoms with Crippen LogP contribution in [0.15, 0.2) is 97.1 Å². The second kappa shape index (κ2) is 9.18. The van der Waals surface area contributed by atoms with Gasteiger partial charge in [0.2, 0.25) is 0 Å². The first-order valence-corrected chi connectivity index (χ1v) is 10.9. The fourth-order valence-corrected chi connectivity index (χ4v) is 3.74. The summed E-state index contributed by atoms with van der Waals surface area (Å²) < 4.78 is 5.84. The molecular formula is C27H20ClN3O2. The van der Waals surface area contributed by atoms with Gasteiger partial charge < -0.3 is 15.0 Å². The number of amides is 1. The molecule has 0 bridgehead atoms. The van der Waals surface area contributed by atoms with Gasteiger partial charge in [0.05, 0.1) is 16.1 Å². The lowest BCUT2D eigenvalue weighted by Gasteiger charge is -2.10. The summed E-state index contributed by atoms with van der Waals surface area (Å²) in [4.78, 5) is 20.8. The SMILES string of the molecule is O=C(Nc1ccc(Cl)c(-c2nc3ccccc3[nH]2)c1)c1cccc(OCc2ccccc2)c1. The number of hydrogen-bond donors (Lipinski definition) is 2. The summed E-state index contributed by atoms with van der Waals surface area (Å²) in [6.45, 7) is 0.434. The number of nitrogens with zero attached hydrogens (tertiary/aromatic N) is 1. The topological polar surface area (TPSA) is 67.0 Å². The smallest absolute Gasteiger partial charge is 0.255 e. The Balaban J connectivity index is 1.33. The quantitative estimate of drug-likeness (QED) is 0.300. The van der Waals surface area contributed by atoms with E-state index in [1.165, 1.54) is 0 Å². The predicted octanol–water partition coefficient (Wildman–Crippen LogP) is 6.71. The monoisotopic (exact) mass is 453 g/mol. The normalized spacial score (nSPS) is 10.8. The summed E-state index contributed by atoms with van der Waals surface area (Å²) in [5, 5.41) is 3.48. The number of aromatic amines is 1. The molecule has 0 spiro atoms. The van der Waals surface area contributed by atoms with Crippen LogP contribution in [-0.4, -0.2) is 15.9 Å². The number of hydrogen-bond acceptors (Lipinski definition) is 3. The minimum absolute atomic E-state index is 0.238. The lowest BCUT2D eigenvalue weighted by Crippen LogP contribution is -2.12. The highest BCUT2D eigenvalue weighted by molar-refractivity contribution is 6.33. The third-order valence-corrected chi connectivity index (χ3v) is 5.54. The van der Waals surface area contributed by atoms with Crippen molar-refractivity contribution >= 4 is 34.2 Å². The molecule has 5 nitrogen and oxygen atoms in total. The molecule has 0 atom stereocenters. The molecule has 5 aromatic rings. The highest BCUT2D eigenvalue weighted by Gasteiger charge is 2.13. The molecule has 0 saturated heterocycles. The highest BCUT2D eigenvalue weighted by Crippen LogP contribution is 2.30. The molecular weight excluding hydrogens is 434 g/mol. The van der Waals surface area contributed by atoms with Crippen molar-refractivity contribution in [3.63, 3.8) is 0 Å². The third-order valence-electron chi connectivity index (χ3n) is 5.21. The van der Waals surface area contributed by atoms with E-state index in [0.717, 1.165) is 16.6 Å². The number of rotatable bonds is 6. The Morgan fingerprint density at radius 3 is 2.58 bits per heavy atom. The molecule has 1 heterocycles. The number of carbonyl (C=O) groups excluding carboxylic acids is 1. The Hall–Kier alpha value is -4.09. The maximum atomic E-state index is 12.9. The lowest BCUT2D eigenvalue weighted by atomic mass is 10.1. The number of nitrogens with one attached hydrogen (secondary N) is 2. The first-order valence-electron chi connectivity index (χ1n) is 10.5. The number of benzene rings is 4. The van der Waals surface area contributed by atoms with Crippen LogP contribution in [0.4, 0.5) is 5.69 Å². The Morgan fingerprint density at radius 2 is 1.73 bits per heavy atom. The average Bonchev–Trinajstić information content (AvgIpc) is 3.29. The Kier molecular flexibility index (Phi) is 5.79. The second-order valence-electron chi connectivity index (χ2n) is 7.55. The van der Waals surface area contributed by atoms with Crippen LogP contribution < -0.4 is 10.1 Å². The van der Waals surface area contributed by atoms with Gasteiger partial charge in [0.1, 0.15) is 18.2 Å². The van der Waals surface area contributed by atoms with E-state index in [4.69, 9.17) is 16.3 Å². The first-order chi connectivity index (χ1) is 16.2. The molecule has 0 aliphatic heterocycles. The van der Waals surface area contributed by atoms with Crippen molar-refractivity contribution in [1.29, 1.82) is 0 Å². The van der Waals surface area contributed by atoms with Gasteiger partial charge in [0.15, 0.2) is 0 Å². The number of halogens is 1. The third kappa shape index (κ3) is 4.73.